The molecule has 1 N–H and O–H groups in total. The highest BCUT2D eigenvalue weighted by atomic mass is 19.1. The molecule has 0 atom stereocenters. The number of nitrogens with one attached hydrogen (secondary N) is 1. The fraction of sp³-hybridized carbons (Fsp3) is 0.533. The van der Waals surface area contributed by atoms with E-state index in [4.69, 9.17) is 0 Å². The van der Waals surface area contributed by atoms with E-state index in [-0.39, 0.29) is 11.3 Å². The number of hydrogen-bond donors (Lipinski definition) is 1. The summed E-state index contributed by atoms with van der Waals surface area (Å²) in [7, 11) is 0. The van der Waals surface area contributed by atoms with Gasteiger partial charge in [-0.25, -0.2) is 4.39 Å². The molecule has 1 aliphatic rings. The molecule has 1 amide bonds. The lowest BCUT2D eigenvalue weighted by Gasteiger charge is -2.32. The standard InChI is InChI=1S/C15H20FN3O3/c1-2-17-10-11-5-7-18(8-6-11)15(20)13-4-3-12(19(21)22)9-14(13)16/h3-4,9,11,17H,2,5-8,10H2,1H3. The lowest BCUT2D eigenvalue weighted by molar-refractivity contribution is -0.385. The summed E-state index contributed by atoms with van der Waals surface area (Å²) in [5.41, 5.74) is -0.450. The summed E-state index contributed by atoms with van der Waals surface area (Å²) >= 11 is 0. The van der Waals surface area contributed by atoms with E-state index in [1.54, 1.807) is 4.90 Å². The van der Waals surface area contributed by atoms with Crippen LogP contribution in [0.3, 0.4) is 0 Å². The van der Waals surface area contributed by atoms with Crippen molar-refractivity contribution in [2.45, 2.75) is 19.8 Å². The molecule has 0 bridgehead atoms. The zero-order valence-electron chi connectivity index (χ0n) is 12.5. The molecule has 6 nitrogen and oxygen atoms in total. The summed E-state index contributed by atoms with van der Waals surface area (Å²) in [5.74, 6) is -0.700. The third-order valence-corrected chi connectivity index (χ3v) is 3.98. The van der Waals surface area contributed by atoms with Gasteiger partial charge in [-0.2, -0.15) is 0 Å². The van der Waals surface area contributed by atoms with Crippen LogP contribution in [0.15, 0.2) is 18.2 Å². The van der Waals surface area contributed by atoms with E-state index in [0.717, 1.165) is 38.1 Å². The van der Waals surface area contributed by atoms with E-state index < -0.39 is 16.6 Å². The first-order valence-electron chi connectivity index (χ1n) is 7.46. The molecular weight excluding hydrogens is 289 g/mol. The molecule has 7 heteroatoms. The van der Waals surface area contributed by atoms with Crippen molar-refractivity contribution in [2.75, 3.05) is 26.2 Å². The summed E-state index contributed by atoms with van der Waals surface area (Å²) in [4.78, 5) is 23.9. The lowest BCUT2D eigenvalue weighted by atomic mass is 9.96. The predicted molar refractivity (Wildman–Crippen MR) is 80.2 cm³/mol. The number of non-ortho nitro benzene ring substituents is 1. The zero-order chi connectivity index (χ0) is 16.1. The van der Waals surface area contributed by atoms with Gasteiger partial charge in [0.2, 0.25) is 0 Å². The summed E-state index contributed by atoms with van der Waals surface area (Å²) in [6.07, 6.45) is 1.76. The van der Waals surface area contributed by atoms with Crippen LogP contribution in [-0.2, 0) is 0 Å². The minimum absolute atomic E-state index is 0.101. The molecule has 0 radical (unpaired) electrons. The summed E-state index contributed by atoms with van der Waals surface area (Å²) < 4.78 is 13.9. The largest absolute Gasteiger partial charge is 0.339 e. The van der Waals surface area contributed by atoms with Crippen LogP contribution in [-0.4, -0.2) is 41.9 Å². The topological polar surface area (TPSA) is 75.5 Å². The van der Waals surface area contributed by atoms with Crippen molar-refractivity contribution in [3.63, 3.8) is 0 Å². The molecule has 0 unspecified atom stereocenters. The Bertz CT molecular complexity index is 557. The smallest absolute Gasteiger partial charge is 0.272 e. The first-order valence-corrected chi connectivity index (χ1v) is 7.46. The SMILES string of the molecule is CCNCC1CCN(C(=O)c2ccc([N+](=O)[O-])cc2F)CC1. The number of halogens is 1. The lowest BCUT2D eigenvalue weighted by Crippen LogP contribution is -2.41. The normalized spacial score (nSPS) is 15.8. The maximum atomic E-state index is 13.9. The molecule has 1 aliphatic heterocycles. The van der Waals surface area contributed by atoms with Gasteiger partial charge in [-0.15, -0.1) is 0 Å². The maximum absolute atomic E-state index is 13.9. The number of piperidine rings is 1. The fourth-order valence-electron chi connectivity index (χ4n) is 2.65. The van der Waals surface area contributed by atoms with Crippen molar-refractivity contribution in [2.24, 2.45) is 5.92 Å². The molecule has 0 aromatic heterocycles. The van der Waals surface area contributed by atoms with Crippen molar-refractivity contribution in [3.05, 3.63) is 39.7 Å². The van der Waals surface area contributed by atoms with Crippen LogP contribution in [0.5, 0.6) is 0 Å². The van der Waals surface area contributed by atoms with Crippen molar-refractivity contribution >= 4 is 11.6 Å². The monoisotopic (exact) mass is 309 g/mol. The van der Waals surface area contributed by atoms with Crippen molar-refractivity contribution in [1.29, 1.82) is 0 Å². The highest BCUT2D eigenvalue weighted by Crippen LogP contribution is 2.22. The van der Waals surface area contributed by atoms with Crippen LogP contribution >= 0.6 is 0 Å². The van der Waals surface area contributed by atoms with E-state index in [1.165, 1.54) is 6.07 Å². The Hall–Kier alpha value is -2.02. The fourth-order valence-corrected chi connectivity index (χ4v) is 2.65. The second-order valence-corrected chi connectivity index (χ2v) is 5.46. The maximum Gasteiger partial charge on any atom is 0.272 e. The highest BCUT2D eigenvalue weighted by Gasteiger charge is 2.25. The Morgan fingerprint density at radius 1 is 1.45 bits per heavy atom. The first kappa shape index (κ1) is 16.4. The van der Waals surface area contributed by atoms with Gasteiger partial charge >= 0.3 is 0 Å². The van der Waals surface area contributed by atoms with Crippen LogP contribution in [0.2, 0.25) is 0 Å². The Morgan fingerprint density at radius 3 is 2.68 bits per heavy atom. The number of amides is 1. The van der Waals surface area contributed by atoms with Crippen LogP contribution in [0, 0.1) is 21.8 Å². The minimum atomic E-state index is -0.839. The Morgan fingerprint density at radius 2 is 2.14 bits per heavy atom. The molecule has 1 aromatic carbocycles. The minimum Gasteiger partial charge on any atom is -0.339 e. The van der Waals surface area contributed by atoms with Gasteiger partial charge in [0.05, 0.1) is 16.6 Å². The summed E-state index contributed by atoms with van der Waals surface area (Å²) in [5, 5.41) is 13.9. The van der Waals surface area contributed by atoms with E-state index in [0.29, 0.717) is 19.0 Å². The summed E-state index contributed by atoms with van der Waals surface area (Å²) in [6.45, 7) is 5.09. The van der Waals surface area contributed by atoms with Gasteiger partial charge in [0.25, 0.3) is 11.6 Å². The quantitative estimate of drug-likeness (QED) is 0.668. The number of benzene rings is 1. The Labute approximate surface area is 128 Å². The van der Waals surface area contributed by atoms with Gasteiger partial charge in [0, 0.05) is 19.2 Å². The molecule has 0 saturated carbocycles. The van der Waals surface area contributed by atoms with E-state index >= 15 is 0 Å². The number of carbonyl (C=O) groups is 1. The van der Waals surface area contributed by atoms with Crippen LogP contribution in [0.25, 0.3) is 0 Å². The van der Waals surface area contributed by atoms with E-state index in [9.17, 15) is 19.3 Å². The average Bonchev–Trinajstić information content (AvgIpc) is 2.52. The molecule has 1 heterocycles. The second-order valence-electron chi connectivity index (χ2n) is 5.46. The van der Waals surface area contributed by atoms with Gasteiger partial charge in [0.1, 0.15) is 5.82 Å². The van der Waals surface area contributed by atoms with Crippen molar-refractivity contribution in [3.8, 4) is 0 Å². The number of likely N-dealkylation sites (tertiary alicyclic amines) is 1. The number of nitro groups is 1. The third kappa shape index (κ3) is 3.79. The van der Waals surface area contributed by atoms with E-state index in [1.807, 2.05) is 0 Å². The zero-order valence-corrected chi connectivity index (χ0v) is 12.5. The number of carbonyl (C=O) groups excluding carboxylic acids is 1. The number of nitro benzene ring substituents is 1. The Balaban J connectivity index is 1.99. The molecule has 1 fully saturated rings. The number of nitrogens with zero attached hydrogens (tertiary/aromatic N) is 2. The molecule has 2 rings (SSSR count). The highest BCUT2D eigenvalue weighted by molar-refractivity contribution is 5.94. The molecule has 1 saturated heterocycles. The van der Waals surface area contributed by atoms with Gasteiger partial charge in [-0.3, -0.25) is 14.9 Å². The summed E-state index contributed by atoms with van der Waals surface area (Å²) in [6, 6.07) is 3.15. The molecule has 22 heavy (non-hydrogen) atoms. The molecule has 0 spiro atoms. The van der Waals surface area contributed by atoms with Gasteiger partial charge in [-0.1, -0.05) is 6.92 Å². The van der Waals surface area contributed by atoms with Crippen molar-refractivity contribution < 1.29 is 14.1 Å². The molecule has 1 aromatic rings. The van der Waals surface area contributed by atoms with Gasteiger partial charge in [-0.05, 0) is 37.9 Å². The molecule has 0 aliphatic carbocycles. The Kier molecular flexibility index (Phi) is 5.43. The van der Waals surface area contributed by atoms with Crippen LogP contribution in [0.4, 0.5) is 10.1 Å². The van der Waals surface area contributed by atoms with E-state index in [2.05, 4.69) is 12.2 Å². The molecular formula is C15H20FN3O3. The molecule has 120 valence electrons. The average molecular weight is 309 g/mol. The predicted octanol–water partition coefficient (Wildman–Crippen LogP) is 2.20. The van der Waals surface area contributed by atoms with Crippen molar-refractivity contribution in [1.82, 2.24) is 10.2 Å². The van der Waals surface area contributed by atoms with Gasteiger partial charge < -0.3 is 10.2 Å². The second kappa shape index (κ2) is 7.31. The third-order valence-electron chi connectivity index (χ3n) is 3.98. The van der Waals surface area contributed by atoms with Crippen LogP contribution < -0.4 is 5.32 Å². The first-order chi connectivity index (χ1) is 10.5. The van der Waals surface area contributed by atoms with Gasteiger partial charge in [0.15, 0.2) is 0 Å². The number of rotatable bonds is 5. The van der Waals surface area contributed by atoms with Crippen LogP contribution in [0.1, 0.15) is 30.1 Å². The number of hydrogen-bond acceptors (Lipinski definition) is 4.